The molecule has 150 valence electrons. The van der Waals surface area contributed by atoms with Gasteiger partial charge >= 0.3 is 6.16 Å². The molecule has 3 rings (SSSR count). The Balaban J connectivity index is 1.64. The number of carbonyl (C=O) groups excluding carboxylic acids is 2. The van der Waals surface area contributed by atoms with Crippen LogP contribution in [0.4, 0.5) is 4.79 Å². The van der Waals surface area contributed by atoms with Crippen molar-refractivity contribution in [2.24, 2.45) is 5.92 Å². The van der Waals surface area contributed by atoms with Gasteiger partial charge in [-0.05, 0) is 30.4 Å². The minimum Gasteiger partial charge on any atom is -0.493 e. The van der Waals surface area contributed by atoms with Crippen LogP contribution in [0.2, 0.25) is 0 Å². The quantitative estimate of drug-likeness (QED) is 0.529. The zero-order valence-corrected chi connectivity index (χ0v) is 16.3. The first-order valence-electron chi connectivity index (χ1n) is 9.60. The average Bonchev–Trinajstić information content (AvgIpc) is 2.69. The zero-order chi connectivity index (χ0) is 20.1. The molecule has 0 bridgehead atoms. The lowest BCUT2D eigenvalue weighted by Crippen LogP contribution is -2.43. The maximum atomic E-state index is 12.9. The minimum atomic E-state index is -0.727. The number of ketones is 1. The van der Waals surface area contributed by atoms with E-state index < -0.39 is 6.16 Å². The van der Waals surface area contributed by atoms with Crippen molar-refractivity contribution >= 4 is 11.9 Å². The number of benzene rings is 1. The van der Waals surface area contributed by atoms with Gasteiger partial charge in [0, 0.05) is 6.42 Å². The molecule has 0 aromatic heterocycles. The molecule has 0 saturated heterocycles. The average molecular weight is 386 g/mol. The van der Waals surface area contributed by atoms with Crippen LogP contribution >= 0.6 is 0 Å². The van der Waals surface area contributed by atoms with E-state index in [2.05, 4.69) is 20.4 Å². The smallest absolute Gasteiger partial charge is 0.493 e. The summed E-state index contributed by atoms with van der Waals surface area (Å²) in [4.78, 5) is 24.5. The fourth-order valence-electron chi connectivity index (χ4n) is 3.58. The maximum Gasteiger partial charge on any atom is 0.508 e. The number of fused-ring (bicyclic) bond motifs is 1. The molecule has 1 saturated carbocycles. The molecule has 1 aromatic rings. The van der Waals surface area contributed by atoms with Gasteiger partial charge in [0.25, 0.3) is 0 Å². The first kappa shape index (κ1) is 20.0. The number of hydrogen-bond acceptors (Lipinski definition) is 6. The van der Waals surface area contributed by atoms with E-state index in [-0.39, 0.29) is 42.2 Å². The molecule has 0 spiro atoms. The minimum absolute atomic E-state index is 0.0671. The molecule has 0 radical (unpaired) electrons. The molecule has 3 unspecified atom stereocenters. The van der Waals surface area contributed by atoms with Crippen LogP contribution in [0.25, 0.3) is 0 Å². The Morgan fingerprint density at radius 1 is 1.32 bits per heavy atom. The molecule has 1 aromatic carbocycles. The first-order valence-corrected chi connectivity index (χ1v) is 9.60. The highest BCUT2D eigenvalue weighted by Gasteiger charge is 2.42. The zero-order valence-electron chi connectivity index (χ0n) is 16.3. The van der Waals surface area contributed by atoms with Gasteiger partial charge in [-0.1, -0.05) is 44.7 Å². The summed E-state index contributed by atoms with van der Waals surface area (Å²) in [5, 5.41) is 0. The van der Waals surface area contributed by atoms with Gasteiger partial charge in [-0.3, -0.25) is 4.79 Å². The van der Waals surface area contributed by atoms with Crippen LogP contribution in [-0.4, -0.2) is 30.8 Å². The van der Waals surface area contributed by atoms with Crippen LogP contribution in [0.15, 0.2) is 48.9 Å². The van der Waals surface area contributed by atoms with Crippen LogP contribution in [0.5, 0.6) is 5.75 Å². The molecule has 1 fully saturated rings. The molecular weight excluding hydrogens is 360 g/mol. The molecule has 0 N–H and O–H groups in total. The van der Waals surface area contributed by atoms with Gasteiger partial charge in [-0.2, -0.15) is 0 Å². The Morgan fingerprint density at radius 2 is 2.11 bits per heavy atom. The summed E-state index contributed by atoms with van der Waals surface area (Å²) >= 11 is 0. The van der Waals surface area contributed by atoms with Crippen molar-refractivity contribution in [3.05, 3.63) is 54.5 Å². The lowest BCUT2D eigenvalue weighted by atomic mass is 9.80. The number of allylic oxidation sites excluding steroid dienone is 1. The number of ether oxygens (including phenoxy) is 4. The highest BCUT2D eigenvalue weighted by atomic mass is 16.7. The van der Waals surface area contributed by atoms with Crippen molar-refractivity contribution in [2.75, 3.05) is 6.61 Å². The molecule has 1 heterocycles. The normalized spacial score (nSPS) is 23.9. The highest BCUT2D eigenvalue weighted by Crippen LogP contribution is 2.36. The second kappa shape index (κ2) is 8.95. The van der Waals surface area contributed by atoms with Crippen LogP contribution in [0.3, 0.4) is 0 Å². The molecule has 1 aliphatic heterocycles. The van der Waals surface area contributed by atoms with E-state index in [1.165, 1.54) is 12.3 Å². The van der Waals surface area contributed by atoms with Crippen molar-refractivity contribution in [1.82, 2.24) is 0 Å². The first-order chi connectivity index (χ1) is 13.5. The summed E-state index contributed by atoms with van der Waals surface area (Å²) < 4.78 is 21.8. The second-order valence-electron chi connectivity index (χ2n) is 7.32. The fraction of sp³-hybridized carbons (Fsp3) is 0.455. The third kappa shape index (κ3) is 4.55. The van der Waals surface area contributed by atoms with E-state index in [4.69, 9.17) is 18.9 Å². The van der Waals surface area contributed by atoms with E-state index in [1.807, 2.05) is 24.3 Å². The van der Waals surface area contributed by atoms with E-state index in [9.17, 15) is 9.59 Å². The summed E-state index contributed by atoms with van der Waals surface area (Å²) in [6, 6.07) is 7.68. The Kier molecular flexibility index (Phi) is 6.39. The predicted molar refractivity (Wildman–Crippen MR) is 103 cm³/mol. The van der Waals surface area contributed by atoms with E-state index in [0.29, 0.717) is 25.0 Å². The van der Waals surface area contributed by atoms with Crippen molar-refractivity contribution in [1.29, 1.82) is 0 Å². The highest BCUT2D eigenvalue weighted by molar-refractivity contribution is 5.96. The van der Waals surface area contributed by atoms with Gasteiger partial charge in [0.1, 0.15) is 30.8 Å². The summed E-state index contributed by atoms with van der Waals surface area (Å²) in [6.45, 7) is 7.74. The van der Waals surface area contributed by atoms with Crippen LogP contribution in [0, 0.1) is 5.92 Å². The van der Waals surface area contributed by atoms with Crippen molar-refractivity contribution in [2.45, 2.75) is 51.2 Å². The molecule has 6 heteroatoms. The van der Waals surface area contributed by atoms with E-state index >= 15 is 0 Å². The van der Waals surface area contributed by atoms with E-state index in [1.54, 1.807) is 0 Å². The summed E-state index contributed by atoms with van der Waals surface area (Å²) in [5.41, 5.74) is 1.04. The number of hydrogen-bond donors (Lipinski definition) is 0. The van der Waals surface area contributed by atoms with Crippen molar-refractivity contribution in [3.63, 3.8) is 0 Å². The number of para-hydroxylation sites is 1. The standard InChI is InChI=1S/C22H26O6/c1-4-11-25-22(24)27-15-9-10-17-19(12-15)26-13-20(21(17)23)28-18-8-6-5-7-16(18)14(2)3/h4-8,13-15,17,19H,1,9-12H2,2-3H3. The third-order valence-electron chi connectivity index (χ3n) is 5.02. The Labute approximate surface area is 165 Å². The van der Waals surface area contributed by atoms with Crippen molar-refractivity contribution < 1.29 is 28.5 Å². The van der Waals surface area contributed by atoms with Gasteiger partial charge in [0.2, 0.25) is 11.5 Å². The molecule has 0 amide bonds. The van der Waals surface area contributed by atoms with Crippen LogP contribution < -0.4 is 4.74 Å². The molecule has 28 heavy (non-hydrogen) atoms. The predicted octanol–water partition coefficient (Wildman–Crippen LogP) is 4.51. The van der Waals surface area contributed by atoms with Gasteiger partial charge in [0.15, 0.2) is 0 Å². The summed E-state index contributed by atoms with van der Waals surface area (Å²) in [6.07, 6.45) is 3.07. The Hall–Kier alpha value is -2.76. The van der Waals surface area contributed by atoms with E-state index in [0.717, 1.165) is 5.56 Å². The van der Waals surface area contributed by atoms with Gasteiger partial charge < -0.3 is 18.9 Å². The molecular formula is C22H26O6. The third-order valence-corrected chi connectivity index (χ3v) is 5.02. The number of carbonyl (C=O) groups is 2. The molecule has 6 nitrogen and oxygen atoms in total. The maximum absolute atomic E-state index is 12.9. The monoisotopic (exact) mass is 386 g/mol. The lowest BCUT2D eigenvalue weighted by molar-refractivity contribution is -0.132. The Morgan fingerprint density at radius 3 is 2.86 bits per heavy atom. The number of Topliss-reactive ketones (excluding diaryl/α,β-unsaturated/α-hetero) is 1. The molecule has 1 aliphatic carbocycles. The van der Waals surface area contributed by atoms with Gasteiger partial charge in [-0.25, -0.2) is 4.79 Å². The number of rotatable bonds is 6. The fourth-order valence-corrected chi connectivity index (χ4v) is 3.58. The summed E-state index contributed by atoms with van der Waals surface area (Å²) in [5.74, 6) is 0.801. The van der Waals surface area contributed by atoms with Gasteiger partial charge in [0.05, 0.1) is 5.92 Å². The van der Waals surface area contributed by atoms with Crippen LogP contribution in [-0.2, 0) is 19.0 Å². The SMILES string of the molecule is C=CCOC(=O)OC1CCC2C(=O)C(Oc3ccccc3C(C)C)=COC2C1. The van der Waals surface area contributed by atoms with Crippen LogP contribution in [0.1, 0.15) is 44.6 Å². The largest absolute Gasteiger partial charge is 0.508 e. The molecule has 2 aliphatic rings. The van der Waals surface area contributed by atoms with Crippen molar-refractivity contribution in [3.8, 4) is 5.75 Å². The topological polar surface area (TPSA) is 71.1 Å². The second-order valence-corrected chi connectivity index (χ2v) is 7.32. The Bertz CT molecular complexity index is 766. The van der Waals surface area contributed by atoms with Gasteiger partial charge in [-0.15, -0.1) is 0 Å². The molecule has 3 atom stereocenters. The summed E-state index contributed by atoms with van der Waals surface area (Å²) in [7, 11) is 0. The lowest BCUT2D eigenvalue weighted by Gasteiger charge is -2.36.